The van der Waals surface area contributed by atoms with Gasteiger partial charge >= 0.3 is 0 Å². The van der Waals surface area contributed by atoms with Gasteiger partial charge in [0.1, 0.15) is 0 Å². The van der Waals surface area contributed by atoms with Gasteiger partial charge in [0.2, 0.25) is 5.91 Å². The standard InChI is InChI=1S/C12H18BrNO/c13-10-5-6-14(12(10)15)11-7-8-1-3-9(11)4-2-8/h8-11H,1-7H2. The summed E-state index contributed by atoms with van der Waals surface area (Å²) >= 11 is 3.47. The fourth-order valence-electron chi connectivity index (χ4n) is 3.72. The summed E-state index contributed by atoms with van der Waals surface area (Å²) in [7, 11) is 0. The maximum Gasteiger partial charge on any atom is 0.236 e. The molecule has 3 aliphatic carbocycles. The molecule has 84 valence electrons. The fourth-order valence-corrected chi connectivity index (χ4v) is 4.19. The number of nitrogens with zero attached hydrogens (tertiary/aromatic N) is 1. The molecule has 4 rings (SSSR count). The van der Waals surface area contributed by atoms with Crippen molar-refractivity contribution in [1.82, 2.24) is 4.90 Å². The van der Waals surface area contributed by atoms with Crippen LogP contribution in [0.2, 0.25) is 0 Å². The zero-order valence-corrected chi connectivity index (χ0v) is 10.6. The molecule has 0 radical (unpaired) electrons. The van der Waals surface area contributed by atoms with Crippen LogP contribution < -0.4 is 0 Å². The van der Waals surface area contributed by atoms with Crippen LogP contribution in [0.3, 0.4) is 0 Å². The maximum absolute atomic E-state index is 12.0. The molecular weight excluding hydrogens is 254 g/mol. The molecule has 3 saturated carbocycles. The highest BCUT2D eigenvalue weighted by Crippen LogP contribution is 2.44. The zero-order valence-electron chi connectivity index (χ0n) is 8.99. The van der Waals surface area contributed by atoms with Crippen LogP contribution in [-0.2, 0) is 4.79 Å². The van der Waals surface area contributed by atoms with Crippen LogP contribution in [0.4, 0.5) is 0 Å². The number of hydrogen-bond acceptors (Lipinski definition) is 1. The lowest BCUT2D eigenvalue weighted by molar-refractivity contribution is -0.132. The minimum absolute atomic E-state index is 0.109. The summed E-state index contributed by atoms with van der Waals surface area (Å²) in [5, 5.41) is 0. The topological polar surface area (TPSA) is 20.3 Å². The van der Waals surface area contributed by atoms with Crippen molar-refractivity contribution in [3.05, 3.63) is 0 Å². The summed E-state index contributed by atoms with van der Waals surface area (Å²) in [6.07, 6.45) is 7.86. The molecule has 4 aliphatic rings. The summed E-state index contributed by atoms with van der Waals surface area (Å²) < 4.78 is 0. The monoisotopic (exact) mass is 271 g/mol. The van der Waals surface area contributed by atoms with E-state index in [2.05, 4.69) is 20.8 Å². The highest BCUT2D eigenvalue weighted by Gasteiger charge is 2.43. The molecule has 3 heteroatoms. The van der Waals surface area contributed by atoms with Crippen molar-refractivity contribution in [3.8, 4) is 0 Å². The molecule has 0 N–H and O–H groups in total. The Morgan fingerprint density at radius 2 is 1.87 bits per heavy atom. The van der Waals surface area contributed by atoms with Crippen molar-refractivity contribution in [3.63, 3.8) is 0 Å². The van der Waals surface area contributed by atoms with Gasteiger partial charge in [-0.05, 0) is 37.5 Å². The van der Waals surface area contributed by atoms with E-state index in [1.165, 1.54) is 32.1 Å². The first-order valence-electron chi connectivity index (χ1n) is 6.20. The molecule has 0 aromatic rings. The van der Waals surface area contributed by atoms with Crippen LogP contribution in [0.1, 0.15) is 38.5 Å². The van der Waals surface area contributed by atoms with E-state index < -0.39 is 0 Å². The number of hydrogen-bond donors (Lipinski definition) is 0. The van der Waals surface area contributed by atoms with E-state index in [9.17, 15) is 4.79 Å². The first kappa shape index (κ1) is 10.1. The second-order valence-corrected chi connectivity index (χ2v) is 6.48. The predicted octanol–water partition coefficient (Wildman–Crippen LogP) is 2.56. The number of halogens is 1. The van der Waals surface area contributed by atoms with E-state index >= 15 is 0 Å². The second-order valence-electron chi connectivity index (χ2n) is 5.37. The molecule has 1 saturated heterocycles. The molecular formula is C12H18BrNO. The number of alkyl halides is 1. The lowest BCUT2D eigenvalue weighted by Gasteiger charge is -2.46. The third-order valence-corrected chi connectivity index (χ3v) is 5.43. The summed E-state index contributed by atoms with van der Waals surface area (Å²) in [4.78, 5) is 14.2. The average Bonchev–Trinajstić information content (AvgIpc) is 2.61. The Morgan fingerprint density at radius 3 is 2.33 bits per heavy atom. The van der Waals surface area contributed by atoms with Gasteiger partial charge in [0.05, 0.1) is 4.83 Å². The van der Waals surface area contributed by atoms with Gasteiger partial charge in [-0.2, -0.15) is 0 Å². The highest BCUT2D eigenvalue weighted by atomic mass is 79.9. The highest BCUT2D eigenvalue weighted by molar-refractivity contribution is 9.10. The average molecular weight is 272 g/mol. The molecule has 0 spiro atoms. The van der Waals surface area contributed by atoms with Crippen molar-refractivity contribution in [2.24, 2.45) is 11.8 Å². The number of carbonyl (C=O) groups is 1. The van der Waals surface area contributed by atoms with Crippen LogP contribution in [0, 0.1) is 11.8 Å². The van der Waals surface area contributed by atoms with Crippen LogP contribution in [0.15, 0.2) is 0 Å². The van der Waals surface area contributed by atoms with E-state index in [1.807, 2.05) is 0 Å². The Hall–Kier alpha value is -0.0500. The molecule has 15 heavy (non-hydrogen) atoms. The van der Waals surface area contributed by atoms with Gasteiger partial charge in [0.15, 0.2) is 0 Å². The van der Waals surface area contributed by atoms with E-state index in [-0.39, 0.29) is 4.83 Å². The lowest BCUT2D eigenvalue weighted by Crippen LogP contribution is -2.48. The molecule has 4 fully saturated rings. The smallest absolute Gasteiger partial charge is 0.236 e. The first-order valence-corrected chi connectivity index (χ1v) is 7.12. The number of rotatable bonds is 1. The largest absolute Gasteiger partial charge is 0.338 e. The molecule has 2 nitrogen and oxygen atoms in total. The Bertz CT molecular complexity index is 273. The minimum atomic E-state index is 0.109. The van der Waals surface area contributed by atoms with Crippen LogP contribution in [-0.4, -0.2) is 28.2 Å². The van der Waals surface area contributed by atoms with Crippen molar-refractivity contribution in [2.45, 2.75) is 49.4 Å². The van der Waals surface area contributed by atoms with Gasteiger partial charge in [0.25, 0.3) is 0 Å². The third kappa shape index (κ3) is 1.63. The lowest BCUT2D eigenvalue weighted by atomic mass is 9.67. The van der Waals surface area contributed by atoms with Crippen LogP contribution in [0.5, 0.6) is 0 Å². The summed E-state index contributed by atoms with van der Waals surface area (Å²) in [6.45, 7) is 0.989. The fraction of sp³-hybridized carbons (Fsp3) is 0.917. The molecule has 0 aromatic heterocycles. The SMILES string of the molecule is O=C1C(Br)CCN1C1CC2CCC1CC2. The molecule has 1 amide bonds. The van der Waals surface area contributed by atoms with Gasteiger partial charge in [-0.15, -0.1) is 0 Å². The molecule has 0 aromatic carbocycles. The minimum Gasteiger partial charge on any atom is -0.338 e. The Morgan fingerprint density at radius 1 is 1.13 bits per heavy atom. The van der Waals surface area contributed by atoms with Gasteiger partial charge in [-0.3, -0.25) is 4.79 Å². The normalized spacial score (nSPS) is 45.1. The molecule has 1 heterocycles. The van der Waals surface area contributed by atoms with Crippen LogP contribution >= 0.6 is 15.9 Å². The van der Waals surface area contributed by atoms with E-state index in [1.54, 1.807) is 0 Å². The zero-order chi connectivity index (χ0) is 10.4. The number of carbonyl (C=O) groups excluding carboxylic acids is 1. The molecule has 1 aliphatic heterocycles. The quantitative estimate of drug-likeness (QED) is 0.672. The van der Waals surface area contributed by atoms with Gasteiger partial charge in [-0.1, -0.05) is 28.8 Å². The Kier molecular flexibility index (Phi) is 2.54. The number of amides is 1. The van der Waals surface area contributed by atoms with Crippen molar-refractivity contribution >= 4 is 21.8 Å². The molecule has 2 bridgehead atoms. The Balaban J connectivity index is 1.75. The maximum atomic E-state index is 12.0. The first-order chi connectivity index (χ1) is 7.25. The second kappa shape index (κ2) is 3.76. The van der Waals surface area contributed by atoms with Crippen molar-refractivity contribution in [2.75, 3.05) is 6.54 Å². The van der Waals surface area contributed by atoms with Gasteiger partial charge in [-0.25, -0.2) is 0 Å². The summed E-state index contributed by atoms with van der Waals surface area (Å²) in [6, 6.07) is 0.590. The van der Waals surface area contributed by atoms with Crippen LogP contribution in [0.25, 0.3) is 0 Å². The number of likely N-dealkylation sites (tertiary alicyclic amines) is 1. The molecule has 2 unspecified atom stereocenters. The predicted molar refractivity (Wildman–Crippen MR) is 62.9 cm³/mol. The summed E-state index contributed by atoms with van der Waals surface area (Å²) in [5.41, 5.74) is 0. The van der Waals surface area contributed by atoms with Gasteiger partial charge < -0.3 is 4.90 Å². The summed E-state index contributed by atoms with van der Waals surface area (Å²) in [5.74, 6) is 2.09. The van der Waals surface area contributed by atoms with Crippen molar-refractivity contribution in [1.29, 1.82) is 0 Å². The van der Waals surface area contributed by atoms with Gasteiger partial charge in [0, 0.05) is 12.6 Å². The Labute approximate surface area is 99.5 Å². The van der Waals surface area contributed by atoms with E-state index in [0.717, 1.165) is 24.8 Å². The van der Waals surface area contributed by atoms with Crippen molar-refractivity contribution < 1.29 is 4.79 Å². The van der Waals surface area contributed by atoms with E-state index in [0.29, 0.717) is 11.9 Å². The molecule has 2 atom stereocenters. The number of fused-ring (bicyclic) bond motifs is 3. The third-order valence-electron chi connectivity index (χ3n) is 4.59. The van der Waals surface area contributed by atoms with E-state index in [4.69, 9.17) is 0 Å².